The summed E-state index contributed by atoms with van der Waals surface area (Å²) in [4.78, 5) is 27.8. The van der Waals surface area contributed by atoms with E-state index < -0.39 is 17.2 Å². The molecule has 0 spiro atoms. The molecule has 0 aliphatic rings. The van der Waals surface area contributed by atoms with Crippen LogP contribution in [0.5, 0.6) is 0 Å². The maximum atomic E-state index is 12.1. The van der Waals surface area contributed by atoms with Crippen molar-refractivity contribution in [1.82, 2.24) is 4.98 Å². The predicted molar refractivity (Wildman–Crippen MR) is 132 cm³/mol. The Morgan fingerprint density at radius 1 is 0.969 bits per heavy atom. The number of benzene rings is 1. The lowest BCUT2D eigenvalue weighted by molar-refractivity contribution is -0.136. The van der Waals surface area contributed by atoms with Gasteiger partial charge in [0.25, 0.3) is 0 Å². The Kier molecular flexibility index (Phi) is 11.8. The molecule has 1 aromatic carbocycles. The van der Waals surface area contributed by atoms with Crippen LogP contribution < -0.4 is 0 Å². The summed E-state index contributed by atoms with van der Waals surface area (Å²) < 4.78 is 0.473. The number of nitrogens with zero attached hydrogens (tertiary/aromatic N) is 1. The summed E-state index contributed by atoms with van der Waals surface area (Å²) in [5.74, 6) is -1.96. The lowest BCUT2D eigenvalue weighted by Crippen LogP contribution is -2.10. The van der Waals surface area contributed by atoms with E-state index in [0.29, 0.717) is 10.0 Å². The summed E-state index contributed by atoms with van der Waals surface area (Å²) in [6.45, 7) is 3.88. The molecule has 7 heteroatoms. The van der Waals surface area contributed by atoms with Crippen molar-refractivity contribution in [3.05, 3.63) is 46.0 Å². The van der Waals surface area contributed by atoms with Crippen LogP contribution in [0.4, 0.5) is 0 Å². The number of thiazole rings is 1. The molecule has 176 valence electrons. The summed E-state index contributed by atoms with van der Waals surface area (Å²) in [5, 5.41) is 18.3. The van der Waals surface area contributed by atoms with Gasteiger partial charge in [0, 0.05) is 0 Å². The zero-order valence-corrected chi connectivity index (χ0v) is 20.8. The van der Waals surface area contributed by atoms with E-state index in [1.165, 1.54) is 51.4 Å². The molecule has 5 nitrogen and oxygen atoms in total. The predicted octanol–water partition coefficient (Wildman–Crippen LogP) is 7.53. The molecule has 32 heavy (non-hydrogen) atoms. The Balaban J connectivity index is 1.90. The van der Waals surface area contributed by atoms with Gasteiger partial charge in [-0.1, -0.05) is 101 Å². The van der Waals surface area contributed by atoms with Crippen LogP contribution in [0.25, 0.3) is 0 Å². The van der Waals surface area contributed by atoms with Crippen molar-refractivity contribution in [1.29, 1.82) is 0 Å². The van der Waals surface area contributed by atoms with E-state index in [0.717, 1.165) is 53.5 Å². The third-order valence-electron chi connectivity index (χ3n) is 5.55. The highest BCUT2D eigenvalue weighted by atomic mass is 32.2. The second-order valence-electron chi connectivity index (χ2n) is 8.17. The summed E-state index contributed by atoms with van der Waals surface area (Å²) in [6.07, 6.45) is 13.5. The molecule has 0 amide bonds. The Morgan fingerprint density at radius 2 is 1.56 bits per heavy atom. The molecule has 0 saturated heterocycles. The second kappa shape index (κ2) is 14.3. The van der Waals surface area contributed by atoms with Gasteiger partial charge in [-0.05, 0) is 30.9 Å². The molecule has 0 bridgehead atoms. The summed E-state index contributed by atoms with van der Waals surface area (Å²) in [7, 11) is 0. The molecule has 2 N–H and O–H groups in total. The van der Waals surface area contributed by atoms with Crippen molar-refractivity contribution < 1.29 is 19.8 Å². The monoisotopic (exact) mass is 477 g/mol. The summed E-state index contributed by atoms with van der Waals surface area (Å²) in [6, 6.07) is 7.70. The average Bonchev–Trinajstić information content (AvgIpc) is 3.14. The van der Waals surface area contributed by atoms with E-state index in [4.69, 9.17) is 0 Å². The highest BCUT2D eigenvalue weighted by Gasteiger charge is 2.26. The van der Waals surface area contributed by atoms with Gasteiger partial charge in [0.15, 0.2) is 4.34 Å². The first-order valence-corrected chi connectivity index (χ1v) is 13.3. The minimum Gasteiger partial charge on any atom is -0.480 e. The summed E-state index contributed by atoms with van der Waals surface area (Å²) >= 11 is 2.16. The van der Waals surface area contributed by atoms with Gasteiger partial charge in [-0.15, -0.1) is 11.3 Å². The number of hydrogen-bond acceptors (Lipinski definition) is 5. The number of aryl methyl sites for hydroxylation is 2. The van der Waals surface area contributed by atoms with Crippen LogP contribution in [0.1, 0.15) is 103 Å². The standard InChI is InChI=1S/C25H35NO4S2/c1-3-4-5-6-7-8-9-10-11-12-15-19-16-13-14-17-20(19)22(24(29)30)32-25-26-18(2)21(31-25)23(27)28/h13-14,16-17,22H,3-12,15H2,1-2H3,(H,27,28)(H,29,30). The zero-order chi connectivity index (χ0) is 23.3. The van der Waals surface area contributed by atoms with Gasteiger partial charge < -0.3 is 10.2 Å². The molecule has 0 radical (unpaired) electrons. The maximum absolute atomic E-state index is 12.1. The largest absolute Gasteiger partial charge is 0.480 e. The number of carboxylic acid groups (broad SMARTS) is 2. The molecule has 1 heterocycles. The smallest absolute Gasteiger partial charge is 0.347 e. The van der Waals surface area contributed by atoms with Crippen LogP contribution in [-0.2, 0) is 11.2 Å². The van der Waals surface area contributed by atoms with E-state index in [9.17, 15) is 19.8 Å². The second-order valence-corrected chi connectivity index (χ2v) is 10.5. The molecule has 0 fully saturated rings. The van der Waals surface area contributed by atoms with Crippen LogP contribution in [0.15, 0.2) is 28.6 Å². The maximum Gasteiger partial charge on any atom is 0.347 e. The van der Waals surface area contributed by atoms with Gasteiger partial charge in [0.1, 0.15) is 10.1 Å². The number of rotatable bonds is 16. The SMILES string of the molecule is CCCCCCCCCCCCc1ccccc1C(Sc1nc(C)c(C(=O)O)s1)C(=O)O. The Morgan fingerprint density at radius 3 is 2.12 bits per heavy atom. The topological polar surface area (TPSA) is 87.5 Å². The van der Waals surface area contributed by atoms with Crippen molar-refractivity contribution in [2.45, 2.75) is 94.1 Å². The Labute approximate surface area is 199 Å². The first kappa shape index (κ1) is 26.4. The van der Waals surface area contributed by atoms with Crippen LogP contribution >= 0.6 is 23.1 Å². The summed E-state index contributed by atoms with van der Waals surface area (Å²) in [5.41, 5.74) is 2.26. The van der Waals surface area contributed by atoms with Crippen LogP contribution in [0, 0.1) is 6.92 Å². The number of thioether (sulfide) groups is 1. The van der Waals surface area contributed by atoms with Gasteiger partial charge >= 0.3 is 11.9 Å². The minimum atomic E-state index is -1.03. The quantitative estimate of drug-likeness (QED) is 0.192. The van der Waals surface area contributed by atoms with Crippen LogP contribution in [-0.4, -0.2) is 27.1 Å². The molecule has 1 atom stereocenters. The normalized spacial score (nSPS) is 12.1. The molecule has 2 rings (SSSR count). The van der Waals surface area contributed by atoms with Gasteiger partial charge in [-0.25, -0.2) is 9.78 Å². The van der Waals surface area contributed by atoms with Crippen molar-refractivity contribution in [3.63, 3.8) is 0 Å². The first-order chi connectivity index (χ1) is 15.4. The van der Waals surface area contributed by atoms with Crippen LogP contribution in [0.3, 0.4) is 0 Å². The number of aromatic nitrogens is 1. The molecule has 0 aliphatic heterocycles. The third-order valence-corrected chi connectivity index (χ3v) is 8.01. The van der Waals surface area contributed by atoms with Crippen molar-refractivity contribution in [2.24, 2.45) is 0 Å². The number of unbranched alkanes of at least 4 members (excludes halogenated alkanes) is 9. The fraction of sp³-hybridized carbons (Fsp3) is 0.560. The molecule has 2 aromatic rings. The van der Waals surface area contributed by atoms with Crippen molar-refractivity contribution in [3.8, 4) is 0 Å². The lowest BCUT2D eigenvalue weighted by atomic mass is 9.98. The first-order valence-electron chi connectivity index (χ1n) is 11.6. The highest BCUT2D eigenvalue weighted by Crippen LogP contribution is 2.40. The Bertz CT molecular complexity index is 865. The van der Waals surface area contributed by atoms with E-state index in [1.807, 2.05) is 24.3 Å². The molecule has 1 unspecified atom stereocenters. The van der Waals surface area contributed by atoms with Gasteiger partial charge in [-0.2, -0.15) is 0 Å². The number of hydrogen-bond donors (Lipinski definition) is 2. The van der Waals surface area contributed by atoms with Gasteiger partial charge in [0.2, 0.25) is 0 Å². The van der Waals surface area contributed by atoms with Crippen molar-refractivity contribution >= 4 is 35.0 Å². The number of carbonyl (C=O) groups is 2. The van der Waals surface area contributed by atoms with E-state index in [2.05, 4.69) is 11.9 Å². The minimum absolute atomic E-state index is 0.162. The van der Waals surface area contributed by atoms with E-state index in [1.54, 1.807) is 6.92 Å². The number of aliphatic carboxylic acids is 1. The molecular formula is C25H35NO4S2. The van der Waals surface area contributed by atoms with Crippen molar-refractivity contribution in [2.75, 3.05) is 0 Å². The zero-order valence-electron chi connectivity index (χ0n) is 19.1. The Hall–Kier alpha value is -1.86. The fourth-order valence-corrected chi connectivity index (χ4v) is 6.01. The molecular weight excluding hydrogens is 442 g/mol. The highest BCUT2D eigenvalue weighted by molar-refractivity contribution is 8.01. The molecule has 1 aromatic heterocycles. The van der Waals surface area contributed by atoms with Gasteiger partial charge in [-0.3, -0.25) is 4.79 Å². The number of carboxylic acids is 2. The molecule has 0 saturated carbocycles. The fourth-order valence-electron chi connectivity index (χ4n) is 3.79. The van der Waals surface area contributed by atoms with Crippen LogP contribution in [0.2, 0.25) is 0 Å². The number of aromatic carboxylic acids is 1. The average molecular weight is 478 g/mol. The van der Waals surface area contributed by atoms with E-state index in [-0.39, 0.29) is 4.88 Å². The van der Waals surface area contributed by atoms with Gasteiger partial charge in [0.05, 0.1) is 5.69 Å². The molecule has 0 aliphatic carbocycles. The lowest BCUT2D eigenvalue weighted by Gasteiger charge is -2.15. The van der Waals surface area contributed by atoms with E-state index >= 15 is 0 Å². The third kappa shape index (κ3) is 8.58.